The number of hydrogen-bond donors (Lipinski definition) is 0. The smallest absolute Gasteiger partial charge is 0.126 e. The van der Waals surface area contributed by atoms with Gasteiger partial charge in [-0.15, -0.1) is 0 Å². The fraction of sp³-hybridized carbons (Fsp3) is 0.483. The molecule has 0 aromatic heterocycles. The molecular weight excluding hydrogens is 791 g/mol. The predicted octanol–water partition coefficient (Wildman–Crippen LogP) is 14.2. The van der Waals surface area contributed by atoms with Gasteiger partial charge in [0.1, 0.15) is 28.7 Å². The van der Waals surface area contributed by atoms with E-state index in [0.29, 0.717) is 52.1 Å². The average molecular weight is 868 g/mol. The molecule has 0 saturated heterocycles. The number of nitrogens with zero attached hydrogens (tertiary/aromatic N) is 1. The molecule has 5 aromatic rings. The summed E-state index contributed by atoms with van der Waals surface area (Å²) in [4.78, 5) is 2.66. The van der Waals surface area contributed by atoms with Crippen LogP contribution in [0.2, 0.25) is 0 Å². The van der Waals surface area contributed by atoms with Gasteiger partial charge in [-0.2, -0.15) is 0 Å². The van der Waals surface area contributed by atoms with E-state index in [4.69, 9.17) is 23.7 Å². The van der Waals surface area contributed by atoms with Crippen molar-refractivity contribution in [2.45, 2.75) is 139 Å². The quantitative estimate of drug-likeness (QED) is 0.0677. The lowest BCUT2D eigenvalue weighted by molar-refractivity contribution is 0.256. The first kappa shape index (κ1) is 48.5. The minimum atomic E-state index is 0.613. The van der Waals surface area contributed by atoms with Crippen LogP contribution in [-0.2, 0) is 32.2 Å². The van der Waals surface area contributed by atoms with Crippen LogP contribution in [0.5, 0.6) is 28.7 Å². The molecule has 344 valence electrons. The standard InChI is InChI=1S/C58H77NO5/c1-10-16-21-59(22-17-11-2)40-43-30-48-32-44-19-18-20-45(55(44)61-23-12-3)33-50-34-47(46-28-41(7)27-42(8)29-46)35-51(57(50)63-25-14-5)37-53-39-54(60-9)38-52(58(53)64-26-15-6)36-49(31-43)56(48)62-24-13-4/h18-20,27-31,34-35,38-39H,10-17,21-26,32-33,36-37,40H2,1-9H3. The van der Waals surface area contributed by atoms with E-state index in [2.05, 4.69) is 133 Å². The summed E-state index contributed by atoms with van der Waals surface area (Å²) in [6.07, 6.45) is 11.0. The zero-order valence-corrected chi connectivity index (χ0v) is 40.9. The van der Waals surface area contributed by atoms with Gasteiger partial charge < -0.3 is 23.7 Å². The number of aryl methyl sites for hydroxylation is 2. The Hall–Kier alpha value is -4.94. The second kappa shape index (κ2) is 24.4. The molecule has 1 aliphatic carbocycles. The molecule has 64 heavy (non-hydrogen) atoms. The van der Waals surface area contributed by atoms with Crippen molar-refractivity contribution >= 4 is 0 Å². The van der Waals surface area contributed by atoms with Crippen LogP contribution in [0.3, 0.4) is 0 Å². The molecule has 0 saturated carbocycles. The molecule has 0 unspecified atom stereocenters. The molecular formula is C58H77NO5. The topological polar surface area (TPSA) is 49.4 Å². The molecule has 0 radical (unpaired) electrons. The van der Waals surface area contributed by atoms with Gasteiger partial charge in [0, 0.05) is 43.4 Å². The molecule has 0 amide bonds. The molecule has 0 fully saturated rings. The van der Waals surface area contributed by atoms with Crippen LogP contribution in [-0.4, -0.2) is 51.5 Å². The highest BCUT2D eigenvalue weighted by Crippen LogP contribution is 2.42. The highest BCUT2D eigenvalue weighted by molar-refractivity contribution is 5.70. The summed E-state index contributed by atoms with van der Waals surface area (Å²) in [6.45, 7) is 23.3. The molecule has 5 aromatic carbocycles. The third kappa shape index (κ3) is 12.7. The Bertz CT molecular complexity index is 2250. The zero-order valence-electron chi connectivity index (χ0n) is 40.9. The summed E-state index contributed by atoms with van der Waals surface area (Å²) in [7, 11) is 1.78. The summed E-state index contributed by atoms with van der Waals surface area (Å²) in [5.41, 5.74) is 15.4. The van der Waals surface area contributed by atoms with Crippen molar-refractivity contribution in [3.05, 3.63) is 134 Å². The van der Waals surface area contributed by atoms with Crippen LogP contribution in [0, 0.1) is 13.8 Å². The monoisotopic (exact) mass is 868 g/mol. The first-order chi connectivity index (χ1) is 31.2. The number of ether oxygens (including phenoxy) is 5. The zero-order chi connectivity index (χ0) is 45.4. The molecule has 6 nitrogen and oxygen atoms in total. The third-order valence-corrected chi connectivity index (χ3v) is 12.1. The third-order valence-electron chi connectivity index (χ3n) is 12.1. The summed E-state index contributed by atoms with van der Waals surface area (Å²) >= 11 is 0. The fourth-order valence-electron chi connectivity index (χ4n) is 9.20. The Morgan fingerprint density at radius 1 is 0.438 bits per heavy atom. The van der Waals surface area contributed by atoms with Crippen LogP contribution in [0.25, 0.3) is 11.1 Å². The summed E-state index contributed by atoms with van der Waals surface area (Å²) in [5, 5.41) is 0. The van der Waals surface area contributed by atoms with Crippen molar-refractivity contribution in [3.8, 4) is 39.9 Å². The number of hydrogen-bond acceptors (Lipinski definition) is 6. The van der Waals surface area contributed by atoms with Gasteiger partial charge in [0.2, 0.25) is 0 Å². The Labute approximate surface area is 386 Å². The molecule has 6 rings (SSSR count). The van der Waals surface area contributed by atoms with E-state index < -0.39 is 0 Å². The van der Waals surface area contributed by atoms with E-state index in [0.717, 1.165) is 102 Å². The number of fused-ring (bicyclic) bond motifs is 8. The number of benzene rings is 5. The van der Waals surface area contributed by atoms with Crippen molar-refractivity contribution in [3.63, 3.8) is 0 Å². The summed E-state index contributed by atoms with van der Waals surface area (Å²) < 4.78 is 33.7. The van der Waals surface area contributed by atoms with Gasteiger partial charge in [0.05, 0.1) is 33.5 Å². The van der Waals surface area contributed by atoms with E-state index in [1.165, 1.54) is 70.2 Å². The Morgan fingerprint density at radius 2 is 0.812 bits per heavy atom. The molecule has 0 N–H and O–H groups in total. The second-order valence-corrected chi connectivity index (χ2v) is 18.0. The Kier molecular flexibility index (Phi) is 18.5. The molecule has 1 aliphatic rings. The predicted molar refractivity (Wildman–Crippen MR) is 267 cm³/mol. The summed E-state index contributed by atoms with van der Waals surface area (Å²) in [5.74, 6) is 4.64. The number of unbranched alkanes of at least 4 members (excludes halogenated alkanes) is 2. The first-order valence-electron chi connectivity index (χ1n) is 24.6. The minimum Gasteiger partial charge on any atom is -0.497 e. The van der Waals surface area contributed by atoms with Crippen LogP contribution in [0.4, 0.5) is 0 Å². The highest BCUT2D eigenvalue weighted by Gasteiger charge is 2.25. The molecule has 0 atom stereocenters. The van der Waals surface area contributed by atoms with Gasteiger partial charge in [0.15, 0.2) is 0 Å². The van der Waals surface area contributed by atoms with Gasteiger partial charge in [-0.3, -0.25) is 4.90 Å². The second-order valence-electron chi connectivity index (χ2n) is 18.0. The van der Waals surface area contributed by atoms with E-state index in [-0.39, 0.29) is 0 Å². The lowest BCUT2D eigenvalue weighted by Gasteiger charge is -2.26. The molecule has 0 aliphatic heterocycles. The number of methoxy groups -OCH3 is 1. The van der Waals surface area contributed by atoms with Crippen molar-refractivity contribution < 1.29 is 23.7 Å². The fourth-order valence-corrected chi connectivity index (χ4v) is 9.20. The maximum absolute atomic E-state index is 6.91. The van der Waals surface area contributed by atoms with Crippen LogP contribution in [0.15, 0.2) is 72.8 Å². The van der Waals surface area contributed by atoms with Crippen molar-refractivity contribution in [2.75, 3.05) is 46.6 Å². The van der Waals surface area contributed by atoms with Gasteiger partial charge in [-0.25, -0.2) is 0 Å². The van der Waals surface area contributed by atoms with E-state index >= 15 is 0 Å². The molecule has 0 heterocycles. The summed E-state index contributed by atoms with van der Waals surface area (Å²) in [6, 6.07) is 27.5. The van der Waals surface area contributed by atoms with Crippen LogP contribution < -0.4 is 23.7 Å². The van der Waals surface area contributed by atoms with E-state index in [1.54, 1.807) is 7.11 Å². The lowest BCUT2D eigenvalue weighted by Crippen LogP contribution is -2.25. The maximum atomic E-state index is 6.91. The van der Waals surface area contributed by atoms with Crippen LogP contribution in [0.1, 0.15) is 154 Å². The van der Waals surface area contributed by atoms with Gasteiger partial charge in [-0.05, 0) is 140 Å². The molecule has 0 spiro atoms. The van der Waals surface area contributed by atoms with Crippen molar-refractivity contribution in [2.24, 2.45) is 0 Å². The normalized spacial score (nSPS) is 12.3. The SMILES string of the molecule is CCCCN(CCCC)Cc1cc2c(OCCC)c(c1)Cc1cc(OC)cc(c1OCCC)Cc1cc(-c3cc(C)cc(C)c3)cc(c1OCCC)Cc1cccc(c1OCCC)C2. The Morgan fingerprint density at radius 3 is 1.22 bits per heavy atom. The van der Waals surface area contributed by atoms with E-state index in [1.807, 2.05) is 0 Å². The molecule has 6 heteroatoms. The largest absolute Gasteiger partial charge is 0.497 e. The number of rotatable bonds is 22. The van der Waals surface area contributed by atoms with Crippen molar-refractivity contribution in [1.82, 2.24) is 4.90 Å². The van der Waals surface area contributed by atoms with Crippen molar-refractivity contribution in [1.29, 1.82) is 0 Å². The first-order valence-corrected chi connectivity index (χ1v) is 24.6. The van der Waals surface area contributed by atoms with Crippen LogP contribution >= 0.6 is 0 Å². The Balaban J connectivity index is 1.68. The highest BCUT2D eigenvalue weighted by atomic mass is 16.5. The minimum absolute atomic E-state index is 0.613. The molecule has 8 bridgehead atoms. The average Bonchev–Trinajstić information content (AvgIpc) is 3.28. The lowest BCUT2D eigenvalue weighted by atomic mass is 9.88. The van der Waals surface area contributed by atoms with Gasteiger partial charge >= 0.3 is 0 Å². The van der Waals surface area contributed by atoms with Gasteiger partial charge in [-0.1, -0.05) is 114 Å². The maximum Gasteiger partial charge on any atom is 0.126 e. The van der Waals surface area contributed by atoms with E-state index in [9.17, 15) is 0 Å². The number of para-hydroxylation sites is 1. The van der Waals surface area contributed by atoms with Gasteiger partial charge in [0.25, 0.3) is 0 Å².